The Morgan fingerprint density at radius 3 is 2.40 bits per heavy atom. The van der Waals surface area contributed by atoms with Crippen molar-refractivity contribution in [1.29, 1.82) is 0 Å². The highest BCUT2D eigenvalue weighted by Gasteiger charge is 2.25. The summed E-state index contributed by atoms with van der Waals surface area (Å²) in [6.07, 6.45) is 1.76. The molecule has 0 bridgehead atoms. The number of piperidine rings is 1. The largest absolute Gasteiger partial charge is 0.393 e. The Labute approximate surface area is 121 Å². The standard InChI is InChI=1S/C17H25NO2/c1-13(2)16(14-6-4-3-5-7-14)12-17(20)18-10-8-15(19)9-11-18/h3-7,13,15-16,19H,8-12H2,1-2H3. The lowest BCUT2D eigenvalue weighted by atomic mass is 9.85. The monoisotopic (exact) mass is 275 g/mol. The molecule has 3 nitrogen and oxygen atoms in total. The quantitative estimate of drug-likeness (QED) is 0.918. The third-order valence-electron chi connectivity index (χ3n) is 4.24. The number of rotatable bonds is 4. The van der Waals surface area contributed by atoms with Crippen LogP contribution < -0.4 is 0 Å². The summed E-state index contributed by atoms with van der Waals surface area (Å²) in [5.41, 5.74) is 1.24. The zero-order valence-electron chi connectivity index (χ0n) is 12.5. The highest BCUT2D eigenvalue weighted by atomic mass is 16.3. The Morgan fingerprint density at radius 2 is 1.85 bits per heavy atom. The number of nitrogens with zero attached hydrogens (tertiary/aromatic N) is 1. The highest BCUT2D eigenvalue weighted by Crippen LogP contribution is 2.29. The number of hydrogen-bond acceptors (Lipinski definition) is 2. The zero-order chi connectivity index (χ0) is 14.5. The zero-order valence-corrected chi connectivity index (χ0v) is 12.5. The van der Waals surface area contributed by atoms with Crippen molar-refractivity contribution in [1.82, 2.24) is 4.90 Å². The van der Waals surface area contributed by atoms with Crippen molar-refractivity contribution in [3.8, 4) is 0 Å². The number of aliphatic hydroxyl groups is 1. The van der Waals surface area contributed by atoms with E-state index in [-0.39, 0.29) is 17.9 Å². The number of amides is 1. The minimum Gasteiger partial charge on any atom is -0.393 e. The Hall–Kier alpha value is -1.35. The number of carbonyl (C=O) groups excluding carboxylic acids is 1. The smallest absolute Gasteiger partial charge is 0.223 e. The average Bonchev–Trinajstić information content (AvgIpc) is 2.46. The van der Waals surface area contributed by atoms with E-state index in [2.05, 4.69) is 26.0 Å². The molecule has 1 heterocycles. The van der Waals surface area contributed by atoms with Gasteiger partial charge in [0.15, 0.2) is 0 Å². The van der Waals surface area contributed by atoms with E-state index in [1.54, 1.807) is 0 Å². The van der Waals surface area contributed by atoms with Crippen LogP contribution in [0.4, 0.5) is 0 Å². The molecule has 0 saturated carbocycles. The summed E-state index contributed by atoms with van der Waals surface area (Å²) < 4.78 is 0. The molecule has 2 rings (SSSR count). The van der Waals surface area contributed by atoms with Crippen LogP contribution in [0.5, 0.6) is 0 Å². The molecular formula is C17H25NO2. The molecule has 1 aliphatic heterocycles. The van der Waals surface area contributed by atoms with E-state index in [0.717, 1.165) is 0 Å². The van der Waals surface area contributed by atoms with Gasteiger partial charge in [-0.1, -0.05) is 44.2 Å². The van der Waals surface area contributed by atoms with Gasteiger partial charge < -0.3 is 10.0 Å². The lowest BCUT2D eigenvalue weighted by Crippen LogP contribution is -2.40. The van der Waals surface area contributed by atoms with Gasteiger partial charge >= 0.3 is 0 Å². The van der Waals surface area contributed by atoms with E-state index in [1.165, 1.54) is 5.56 Å². The van der Waals surface area contributed by atoms with Crippen LogP contribution in [0.1, 0.15) is 44.6 Å². The van der Waals surface area contributed by atoms with Gasteiger partial charge in [-0.05, 0) is 30.2 Å². The van der Waals surface area contributed by atoms with Gasteiger partial charge in [-0.2, -0.15) is 0 Å². The number of aliphatic hydroxyl groups excluding tert-OH is 1. The summed E-state index contributed by atoms with van der Waals surface area (Å²) in [5.74, 6) is 0.937. The number of carbonyl (C=O) groups is 1. The van der Waals surface area contributed by atoms with Gasteiger partial charge in [0, 0.05) is 19.5 Å². The molecule has 110 valence electrons. The molecule has 1 unspecified atom stereocenters. The Balaban J connectivity index is 2.00. The van der Waals surface area contributed by atoms with Gasteiger partial charge in [0.2, 0.25) is 5.91 Å². The van der Waals surface area contributed by atoms with Crippen LogP contribution >= 0.6 is 0 Å². The first kappa shape index (κ1) is 15.0. The summed E-state index contributed by atoms with van der Waals surface area (Å²) >= 11 is 0. The van der Waals surface area contributed by atoms with Crippen LogP contribution in [0.15, 0.2) is 30.3 Å². The second-order valence-corrected chi connectivity index (χ2v) is 6.08. The fourth-order valence-electron chi connectivity index (χ4n) is 2.87. The molecule has 0 aliphatic carbocycles. The van der Waals surface area contributed by atoms with Gasteiger partial charge in [-0.15, -0.1) is 0 Å². The molecule has 0 aromatic heterocycles. The van der Waals surface area contributed by atoms with Crippen LogP contribution in [0.25, 0.3) is 0 Å². The van der Waals surface area contributed by atoms with Gasteiger partial charge in [0.1, 0.15) is 0 Å². The van der Waals surface area contributed by atoms with Gasteiger partial charge in [0.25, 0.3) is 0 Å². The number of benzene rings is 1. The molecule has 1 aromatic rings. The van der Waals surface area contributed by atoms with E-state index < -0.39 is 0 Å². The second kappa shape index (κ2) is 6.89. The lowest BCUT2D eigenvalue weighted by molar-refractivity contribution is -0.133. The van der Waals surface area contributed by atoms with Crippen LogP contribution in [-0.4, -0.2) is 35.1 Å². The van der Waals surface area contributed by atoms with Crippen LogP contribution in [0.3, 0.4) is 0 Å². The predicted molar refractivity (Wildman–Crippen MR) is 80.5 cm³/mol. The van der Waals surface area contributed by atoms with Crippen molar-refractivity contribution in [2.24, 2.45) is 5.92 Å². The molecule has 3 heteroatoms. The molecule has 20 heavy (non-hydrogen) atoms. The third-order valence-corrected chi connectivity index (χ3v) is 4.24. The van der Waals surface area contributed by atoms with Crippen molar-refractivity contribution in [2.75, 3.05) is 13.1 Å². The second-order valence-electron chi connectivity index (χ2n) is 6.08. The minimum absolute atomic E-state index is 0.222. The molecule has 0 spiro atoms. The van der Waals surface area contributed by atoms with Crippen molar-refractivity contribution in [3.63, 3.8) is 0 Å². The lowest BCUT2D eigenvalue weighted by Gasteiger charge is -2.31. The first-order valence-electron chi connectivity index (χ1n) is 7.58. The van der Waals surface area contributed by atoms with Crippen LogP contribution in [0, 0.1) is 5.92 Å². The Bertz CT molecular complexity index is 422. The maximum Gasteiger partial charge on any atom is 0.223 e. The van der Waals surface area contributed by atoms with E-state index in [4.69, 9.17) is 0 Å². The molecule has 1 saturated heterocycles. The minimum atomic E-state index is -0.228. The molecular weight excluding hydrogens is 250 g/mol. The fraction of sp³-hybridized carbons (Fsp3) is 0.588. The molecule has 1 atom stereocenters. The summed E-state index contributed by atoms with van der Waals surface area (Å²) in [6.45, 7) is 5.73. The molecule has 0 radical (unpaired) electrons. The summed E-state index contributed by atoms with van der Waals surface area (Å²) in [7, 11) is 0. The van der Waals surface area contributed by atoms with E-state index in [1.807, 2.05) is 23.1 Å². The molecule has 1 amide bonds. The van der Waals surface area contributed by atoms with E-state index in [0.29, 0.717) is 38.3 Å². The van der Waals surface area contributed by atoms with Crippen molar-refractivity contribution in [2.45, 2.75) is 45.1 Å². The first-order chi connectivity index (χ1) is 9.58. The van der Waals surface area contributed by atoms with Crippen molar-refractivity contribution in [3.05, 3.63) is 35.9 Å². The van der Waals surface area contributed by atoms with Crippen LogP contribution in [-0.2, 0) is 4.79 Å². The van der Waals surface area contributed by atoms with Gasteiger partial charge in [-0.3, -0.25) is 4.79 Å². The van der Waals surface area contributed by atoms with Gasteiger partial charge in [-0.25, -0.2) is 0 Å². The average molecular weight is 275 g/mol. The Morgan fingerprint density at radius 1 is 1.25 bits per heavy atom. The topological polar surface area (TPSA) is 40.5 Å². The number of likely N-dealkylation sites (tertiary alicyclic amines) is 1. The summed E-state index contributed by atoms with van der Waals surface area (Å²) in [5, 5.41) is 9.52. The van der Waals surface area contributed by atoms with E-state index in [9.17, 15) is 9.90 Å². The highest BCUT2D eigenvalue weighted by molar-refractivity contribution is 5.77. The molecule has 1 fully saturated rings. The molecule has 1 aliphatic rings. The molecule has 1 N–H and O–H groups in total. The summed E-state index contributed by atoms with van der Waals surface area (Å²) in [4.78, 5) is 14.3. The van der Waals surface area contributed by atoms with E-state index >= 15 is 0 Å². The SMILES string of the molecule is CC(C)C(CC(=O)N1CCC(O)CC1)c1ccccc1. The number of hydrogen-bond donors (Lipinski definition) is 1. The predicted octanol–water partition coefficient (Wildman–Crippen LogP) is 2.80. The fourth-order valence-corrected chi connectivity index (χ4v) is 2.87. The third kappa shape index (κ3) is 3.83. The molecule has 1 aromatic carbocycles. The van der Waals surface area contributed by atoms with Crippen LogP contribution in [0.2, 0.25) is 0 Å². The maximum absolute atomic E-state index is 12.4. The van der Waals surface area contributed by atoms with Gasteiger partial charge in [0.05, 0.1) is 6.10 Å². The normalized spacial score (nSPS) is 18.3. The van der Waals surface area contributed by atoms with Crippen molar-refractivity contribution >= 4 is 5.91 Å². The first-order valence-corrected chi connectivity index (χ1v) is 7.58. The summed E-state index contributed by atoms with van der Waals surface area (Å²) in [6, 6.07) is 10.3. The maximum atomic E-state index is 12.4. The van der Waals surface area contributed by atoms with Crippen molar-refractivity contribution < 1.29 is 9.90 Å². The Kier molecular flexibility index (Phi) is 5.18.